The molecular formula is C6H4BrN3S. The lowest BCUT2D eigenvalue weighted by Gasteiger charge is -1.81. The first-order valence-electron chi connectivity index (χ1n) is 2.98. The summed E-state index contributed by atoms with van der Waals surface area (Å²) < 4.78 is 0.668. The predicted molar refractivity (Wildman–Crippen MR) is 47.4 cm³/mol. The average molecular weight is 230 g/mol. The van der Waals surface area contributed by atoms with E-state index in [-0.39, 0.29) is 0 Å². The molecule has 11 heavy (non-hydrogen) atoms. The minimum absolute atomic E-state index is 0.668. The smallest absolute Gasteiger partial charge is 0.193 e. The van der Waals surface area contributed by atoms with E-state index in [4.69, 9.17) is 0 Å². The van der Waals surface area contributed by atoms with Gasteiger partial charge in [0.2, 0.25) is 0 Å². The molecule has 1 N–H and O–H groups in total. The van der Waals surface area contributed by atoms with Crippen LogP contribution in [0.3, 0.4) is 0 Å². The topological polar surface area (TPSA) is 41.6 Å². The van der Waals surface area contributed by atoms with Crippen LogP contribution in [0.25, 0.3) is 10.7 Å². The van der Waals surface area contributed by atoms with Crippen LogP contribution in [-0.2, 0) is 0 Å². The fraction of sp³-hybridized carbons (Fsp3) is 0. The van der Waals surface area contributed by atoms with Crippen molar-refractivity contribution in [1.29, 1.82) is 0 Å². The van der Waals surface area contributed by atoms with Gasteiger partial charge in [-0.25, -0.2) is 0 Å². The van der Waals surface area contributed by atoms with Gasteiger partial charge in [0.15, 0.2) is 10.6 Å². The van der Waals surface area contributed by atoms with Crippen molar-refractivity contribution in [3.8, 4) is 10.7 Å². The fourth-order valence-corrected chi connectivity index (χ4v) is 1.67. The largest absolute Gasteiger partial charge is 0.253 e. The molecule has 5 heteroatoms. The molecule has 3 nitrogen and oxygen atoms in total. The first kappa shape index (κ1) is 7.00. The Bertz CT molecular complexity index is 340. The van der Waals surface area contributed by atoms with Crippen molar-refractivity contribution < 1.29 is 0 Å². The van der Waals surface area contributed by atoms with Crippen molar-refractivity contribution in [2.45, 2.75) is 0 Å². The lowest BCUT2D eigenvalue weighted by molar-refractivity contribution is 1.07. The Morgan fingerprint density at radius 2 is 2.45 bits per heavy atom. The molecule has 0 bridgehead atoms. The Balaban J connectivity index is 2.45. The molecule has 0 radical (unpaired) electrons. The summed E-state index contributed by atoms with van der Waals surface area (Å²) in [5.41, 5.74) is 0. The lowest BCUT2D eigenvalue weighted by Crippen LogP contribution is -1.72. The number of halogens is 1. The third-order valence-corrected chi connectivity index (χ3v) is 2.42. The molecule has 0 aliphatic rings. The molecule has 0 aliphatic heterocycles. The number of H-pyrrole nitrogens is 1. The van der Waals surface area contributed by atoms with E-state index in [0.29, 0.717) is 4.73 Å². The fourth-order valence-electron chi connectivity index (χ4n) is 0.758. The third-order valence-electron chi connectivity index (χ3n) is 1.20. The molecule has 56 valence electrons. The van der Waals surface area contributed by atoms with Crippen molar-refractivity contribution in [3.63, 3.8) is 0 Å². The zero-order valence-electron chi connectivity index (χ0n) is 5.41. The maximum Gasteiger partial charge on any atom is 0.193 e. The molecule has 0 saturated heterocycles. The number of nitrogens with zero attached hydrogens (tertiary/aromatic N) is 2. The van der Waals surface area contributed by atoms with E-state index >= 15 is 0 Å². The van der Waals surface area contributed by atoms with E-state index in [0.717, 1.165) is 10.7 Å². The number of hydrogen-bond donors (Lipinski definition) is 1. The number of aromatic nitrogens is 3. The normalized spacial score (nSPS) is 10.3. The molecule has 2 rings (SSSR count). The predicted octanol–water partition coefficient (Wildman–Crippen LogP) is 2.30. The molecule has 0 atom stereocenters. The van der Waals surface area contributed by atoms with E-state index in [1.165, 1.54) is 0 Å². The summed E-state index contributed by atoms with van der Waals surface area (Å²) in [7, 11) is 0. The number of hydrogen-bond acceptors (Lipinski definition) is 3. The molecule has 0 aromatic carbocycles. The Hall–Kier alpha value is -0.680. The van der Waals surface area contributed by atoms with Crippen molar-refractivity contribution in [1.82, 2.24) is 15.2 Å². The van der Waals surface area contributed by atoms with Gasteiger partial charge in [0.05, 0.1) is 4.88 Å². The van der Waals surface area contributed by atoms with E-state index in [9.17, 15) is 0 Å². The summed E-state index contributed by atoms with van der Waals surface area (Å²) in [5, 5.41) is 8.70. The Kier molecular flexibility index (Phi) is 1.75. The summed E-state index contributed by atoms with van der Waals surface area (Å²) in [6.45, 7) is 0. The first-order chi connectivity index (χ1) is 5.36. The highest BCUT2D eigenvalue weighted by atomic mass is 79.9. The maximum atomic E-state index is 4.11. The van der Waals surface area contributed by atoms with Crippen LogP contribution in [0.4, 0.5) is 0 Å². The van der Waals surface area contributed by atoms with Gasteiger partial charge in [-0.2, -0.15) is 10.1 Å². The molecule has 0 saturated carbocycles. The van der Waals surface area contributed by atoms with Crippen LogP contribution >= 0.6 is 27.3 Å². The van der Waals surface area contributed by atoms with Gasteiger partial charge in [0.25, 0.3) is 0 Å². The molecular weight excluding hydrogens is 226 g/mol. The van der Waals surface area contributed by atoms with E-state index < -0.39 is 0 Å². The standard InChI is InChI=1S/C6H4BrN3S/c7-6-8-5(9-10-6)4-2-1-3-11-4/h1-3H,(H,8,9,10). The lowest BCUT2D eigenvalue weighted by atomic mass is 10.5. The van der Waals surface area contributed by atoms with Gasteiger partial charge in [0.1, 0.15) is 0 Å². The highest BCUT2D eigenvalue weighted by Crippen LogP contribution is 2.21. The average Bonchev–Trinajstić information content (AvgIpc) is 2.55. The summed E-state index contributed by atoms with van der Waals surface area (Å²) in [5.74, 6) is 0.742. The van der Waals surface area contributed by atoms with Gasteiger partial charge < -0.3 is 0 Å². The van der Waals surface area contributed by atoms with Crippen LogP contribution in [-0.4, -0.2) is 15.2 Å². The quantitative estimate of drug-likeness (QED) is 0.816. The number of nitrogens with one attached hydrogen (secondary N) is 1. The summed E-state index contributed by atoms with van der Waals surface area (Å²) in [6.07, 6.45) is 0. The van der Waals surface area contributed by atoms with Crippen molar-refractivity contribution in [2.24, 2.45) is 0 Å². The van der Waals surface area contributed by atoms with Crippen LogP contribution in [0.2, 0.25) is 0 Å². The SMILES string of the molecule is Brc1nc(-c2cccs2)n[nH]1. The van der Waals surface area contributed by atoms with Gasteiger partial charge in [-0.15, -0.1) is 11.3 Å². The van der Waals surface area contributed by atoms with Crippen LogP contribution in [0.15, 0.2) is 22.2 Å². The van der Waals surface area contributed by atoms with Gasteiger partial charge in [0, 0.05) is 0 Å². The van der Waals surface area contributed by atoms with E-state index in [2.05, 4.69) is 31.1 Å². The van der Waals surface area contributed by atoms with Crippen LogP contribution < -0.4 is 0 Å². The molecule has 2 aromatic heterocycles. The number of rotatable bonds is 1. The van der Waals surface area contributed by atoms with Gasteiger partial charge in [-0.1, -0.05) is 6.07 Å². The minimum atomic E-state index is 0.668. The van der Waals surface area contributed by atoms with Gasteiger partial charge in [-0.05, 0) is 27.4 Å². The van der Waals surface area contributed by atoms with E-state index in [1.54, 1.807) is 11.3 Å². The summed E-state index contributed by atoms with van der Waals surface area (Å²) in [4.78, 5) is 5.19. The van der Waals surface area contributed by atoms with Gasteiger partial charge in [-0.3, -0.25) is 5.10 Å². The van der Waals surface area contributed by atoms with Crippen LogP contribution in [0, 0.1) is 0 Å². The van der Waals surface area contributed by atoms with Crippen LogP contribution in [0.1, 0.15) is 0 Å². The molecule has 0 unspecified atom stereocenters. The monoisotopic (exact) mass is 229 g/mol. The third kappa shape index (κ3) is 1.34. The molecule has 0 spiro atoms. The minimum Gasteiger partial charge on any atom is -0.253 e. The van der Waals surface area contributed by atoms with Gasteiger partial charge >= 0.3 is 0 Å². The molecule has 2 heterocycles. The Morgan fingerprint density at radius 1 is 1.55 bits per heavy atom. The second kappa shape index (κ2) is 2.75. The van der Waals surface area contributed by atoms with E-state index in [1.807, 2.05) is 17.5 Å². The zero-order valence-corrected chi connectivity index (χ0v) is 7.82. The maximum absolute atomic E-state index is 4.11. The molecule has 0 fully saturated rings. The summed E-state index contributed by atoms with van der Waals surface area (Å²) >= 11 is 4.82. The van der Waals surface area contributed by atoms with Crippen molar-refractivity contribution in [3.05, 3.63) is 22.2 Å². The molecule has 2 aromatic rings. The molecule has 0 aliphatic carbocycles. The Labute approximate surface area is 75.6 Å². The Morgan fingerprint density at radius 3 is 3.00 bits per heavy atom. The van der Waals surface area contributed by atoms with Crippen molar-refractivity contribution >= 4 is 27.3 Å². The number of aromatic amines is 1. The first-order valence-corrected chi connectivity index (χ1v) is 4.65. The number of thiophene rings is 1. The zero-order chi connectivity index (χ0) is 7.68. The summed E-state index contributed by atoms with van der Waals surface area (Å²) in [6, 6.07) is 3.96. The highest BCUT2D eigenvalue weighted by molar-refractivity contribution is 9.10. The molecule has 0 amide bonds. The second-order valence-electron chi connectivity index (χ2n) is 1.93. The van der Waals surface area contributed by atoms with Crippen LogP contribution in [0.5, 0.6) is 0 Å². The van der Waals surface area contributed by atoms with Crippen molar-refractivity contribution in [2.75, 3.05) is 0 Å². The highest BCUT2D eigenvalue weighted by Gasteiger charge is 2.03. The second-order valence-corrected chi connectivity index (χ2v) is 3.63.